The number of nitrogens with two attached hydrogens (primary N) is 1. The van der Waals surface area contributed by atoms with Crippen LogP contribution in [-0.2, 0) is 0 Å². The van der Waals surface area contributed by atoms with Gasteiger partial charge in [-0.05, 0) is 24.0 Å². The smallest absolute Gasteiger partial charge is 0.269 e. The molecule has 0 spiro atoms. The topological polar surface area (TPSA) is 80.9 Å². The first-order valence-corrected chi connectivity index (χ1v) is 4.89. The molecule has 1 fully saturated rings. The molecule has 5 heteroatoms. The predicted octanol–water partition coefficient (Wildman–Crippen LogP) is 0.786. The molecule has 1 atom stereocenters. The zero-order chi connectivity index (χ0) is 11.1. The van der Waals surface area contributed by atoms with Crippen LogP contribution < -0.4 is 11.1 Å². The Kier molecular flexibility index (Phi) is 2.10. The molecule has 15 heavy (non-hydrogen) atoms. The van der Waals surface area contributed by atoms with Crippen molar-refractivity contribution >= 4 is 11.7 Å². The van der Waals surface area contributed by atoms with Gasteiger partial charge in [0.15, 0.2) is 5.69 Å². The summed E-state index contributed by atoms with van der Waals surface area (Å²) in [6.45, 7) is 4.38. The summed E-state index contributed by atoms with van der Waals surface area (Å²) in [6.07, 6.45) is 1.13. The van der Waals surface area contributed by atoms with E-state index in [9.17, 15) is 4.79 Å². The van der Waals surface area contributed by atoms with E-state index in [2.05, 4.69) is 29.4 Å². The number of hydrogen-bond donors (Lipinski definition) is 2. The summed E-state index contributed by atoms with van der Waals surface area (Å²) in [5, 5.41) is 10.8. The first kappa shape index (κ1) is 9.89. The molecule has 1 heterocycles. The summed E-state index contributed by atoms with van der Waals surface area (Å²) in [6, 6.07) is 3.75. The van der Waals surface area contributed by atoms with Gasteiger partial charge in [-0.15, -0.1) is 10.2 Å². The Morgan fingerprint density at radius 3 is 2.60 bits per heavy atom. The van der Waals surface area contributed by atoms with Crippen LogP contribution >= 0.6 is 0 Å². The van der Waals surface area contributed by atoms with Crippen molar-refractivity contribution in [2.24, 2.45) is 11.1 Å². The minimum atomic E-state index is -0.555. The van der Waals surface area contributed by atoms with Crippen molar-refractivity contribution in [1.29, 1.82) is 0 Å². The van der Waals surface area contributed by atoms with Gasteiger partial charge in [0, 0.05) is 6.04 Å². The van der Waals surface area contributed by atoms with E-state index in [4.69, 9.17) is 5.73 Å². The molecule has 1 unspecified atom stereocenters. The third kappa shape index (κ3) is 2.06. The van der Waals surface area contributed by atoms with Crippen molar-refractivity contribution in [2.75, 3.05) is 5.32 Å². The highest BCUT2D eigenvalue weighted by Gasteiger charge is 2.45. The highest BCUT2D eigenvalue weighted by atomic mass is 16.1. The number of hydrogen-bond acceptors (Lipinski definition) is 4. The Bertz CT molecular complexity index is 385. The van der Waals surface area contributed by atoms with E-state index in [1.807, 2.05) is 0 Å². The average Bonchev–Trinajstić information content (AvgIpc) is 2.74. The van der Waals surface area contributed by atoms with Crippen LogP contribution in [-0.4, -0.2) is 22.1 Å². The largest absolute Gasteiger partial charge is 0.365 e. The van der Waals surface area contributed by atoms with Crippen molar-refractivity contribution in [3.05, 3.63) is 17.8 Å². The fourth-order valence-corrected chi connectivity index (χ4v) is 1.43. The maximum atomic E-state index is 10.7. The van der Waals surface area contributed by atoms with E-state index in [1.54, 1.807) is 12.1 Å². The fourth-order valence-electron chi connectivity index (χ4n) is 1.43. The first-order valence-electron chi connectivity index (χ1n) is 4.89. The summed E-state index contributed by atoms with van der Waals surface area (Å²) >= 11 is 0. The molecular weight excluding hydrogens is 192 g/mol. The molecule has 80 valence electrons. The normalized spacial score (nSPS) is 22.1. The lowest BCUT2D eigenvalue weighted by Gasteiger charge is -2.06. The van der Waals surface area contributed by atoms with Crippen molar-refractivity contribution in [2.45, 2.75) is 26.3 Å². The summed E-state index contributed by atoms with van der Waals surface area (Å²) in [5.41, 5.74) is 5.59. The number of rotatable bonds is 3. The molecule has 1 saturated carbocycles. The highest BCUT2D eigenvalue weighted by molar-refractivity contribution is 5.90. The van der Waals surface area contributed by atoms with Crippen LogP contribution in [0.1, 0.15) is 30.8 Å². The van der Waals surface area contributed by atoms with Crippen LogP contribution in [0, 0.1) is 5.41 Å². The number of primary amides is 1. The van der Waals surface area contributed by atoms with E-state index in [0.717, 1.165) is 6.42 Å². The summed E-state index contributed by atoms with van der Waals surface area (Å²) in [7, 11) is 0. The van der Waals surface area contributed by atoms with Gasteiger partial charge in [0.05, 0.1) is 0 Å². The highest BCUT2D eigenvalue weighted by Crippen LogP contribution is 2.46. The van der Waals surface area contributed by atoms with Gasteiger partial charge in [-0.1, -0.05) is 13.8 Å². The monoisotopic (exact) mass is 206 g/mol. The molecule has 1 aliphatic carbocycles. The van der Waals surface area contributed by atoms with E-state index >= 15 is 0 Å². The van der Waals surface area contributed by atoms with Gasteiger partial charge >= 0.3 is 0 Å². The standard InChI is InChI=1S/C10H14N4O/c1-10(2)5-7(10)12-8-4-3-6(9(11)15)13-14-8/h3-4,7H,5H2,1-2H3,(H2,11,15)(H,12,14). The van der Waals surface area contributed by atoms with E-state index in [-0.39, 0.29) is 5.69 Å². The number of nitrogens with one attached hydrogen (secondary N) is 1. The molecule has 5 nitrogen and oxygen atoms in total. The number of carbonyl (C=O) groups excluding carboxylic acids is 1. The zero-order valence-corrected chi connectivity index (χ0v) is 8.82. The lowest BCUT2D eigenvalue weighted by Crippen LogP contribution is -2.15. The van der Waals surface area contributed by atoms with Gasteiger partial charge in [0.25, 0.3) is 5.91 Å². The van der Waals surface area contributed by atoms with Gasteiger partial charge < -0.3 is 11.1 Å². The van der Waals surface area contributed by atoms with E-state index in [0.29, 0.717) is 17.3 Å². The molecule has 1 aromatic heterocycles. The van der Waals surface area contributed by atoms with Crippen molar-refractivity contribution in [3.63, 3.8) is 0 Å². The lowest BCUT2D eigenvalue weighted by atomic mass is 10.2. The average molecular weight is 206 g/mol. The molecule has 1 aromatic rings. The quantitative estimate of drug-likeness (QED) is 0.766. The second-order valence-electron chi connectivity index (χ2n) is 4.56. The maximum Gasteiger partial charge on any atom is 0.269 e. The number of anilines is 1. The molecule has 0 aromatic carbocycles. The summed E-state index contributed by atoms with van der Waals surface area (Å²) in [5.74, 6) is 0.136. The Hall–Kier alpha value is -1.65. The zero-order valence-electron chi connectivity index (χ0n) is 8.82. The van der Waals surface area contributed by atoms with Crippen molar-refractivity contribution in [1.82, 2.24) is 10.2 Å². The molecule has 0 saturated heterocycles. The first-order chi connectivity index (χ1) is 6.99. The SMILES string of the molecule is CC1(C)CC1Nc1ccc(C(N)=O)nn1. The van der Waals surface area contributed by atoms with Gasteiger partial charge in [0.2, 0.25) is 0 Å². The van der Waals surface area contributed by atoms with Gasteiger partial charge in [0.1, 0.15) is 5.82 Å². The van der Waals surface area contributed by atoms with Crippen LogP contribution in [0.3, 0.4) is 0 Å². The molecule has 2 rings (SSSR count). The molecule has 0 bridgehead atoms. The second kappa shape index (κ2) is 3.18. The number of nitrogens with zero attached hydrogens (tertiary/aromatic N) is 2. The lowest BCUT2D eigenvalue weighted by molar-refractivity contribution is 0.0994. The van der Waals surface area contributed by atoms with Crippen LogP contribution in [0.5, 0.6) is 0 Å². The third-order valence-corrected chi connectivity index (χ3v) is 2.75. The Balaban J connectivity index is 2.02. The Labute approximate surface area is 88.1 Å². The molecular formula is C10H14N4O. The minimum Gasteiger partial charge on any atom is -0.365 e. The summed E-state index contributed by atoms with van der Waals surface area (Å²) < 4.78 is 0. The molecule has 1 amide bonds. The molecule has 0 aliphatic heterocycles. The molecule has 0 radical (unpaired) electrons. The number of amides is 1. The number of carbonyl (C=O) groups is 1. The van der Waals surface area contributed by atoms with Crippen LogP contribution in [0.25, 0.3) is 0 Å². The van der Waals surface area contributed by atoms with Crippen molar-refractivity contribution < 1.29 is 4.79 Å². The van der Waals surface area contributed by atoms with Crippen LogP contribution in [0.15, 0.2) is 12.1 Å². The molecule has 1 aliphatic rings. The van der Waals surface area contributed by atoms with Gasteiger partial charge in [-0.2, -0.15) is 0 Å². The Morgan fingerprint density at radius 1 is 1.53 bits per heavy atom. The van der Waals surface area contributed by atoms with Gasteiger partial charge in [-0.3, -0.25) is 4.79 Å². The number of aromatic nitrogens is 2. The van der Waals surface area contributed by atoms with Crippen molar-refractivity contribution in [3.8, 4) is 0 Å². The molecule has 3 N–H and O–H groups in total. The van der Waals surface area contributed by atoms with E-state index < -0.39 is 5.91 Å². The summed E-state index contributed by atoms with van der Waals surface area (Å²) in [4.78, 5) is 10.7. The fraction of sp³-hybridized carbons (Fsp3) is 0.500. The third-order valence-electron chi connectivity index (χ3n) is 2.75. The van der Waals surface area contributed by atoms with Crippen LogP contribution in [0.2, 0.25) is 0 Å². The van der Waals surface area contributed by atoms with Crippen LogP contribution in [0.4, 0.5) is 5.82 Å². The minimum absolute atomic E-state index is 0.190. The van der Waals surface area contributed by atoms with Gasteiger partial charge in [-0.25, -0.2) is 0 Å². The predicted molar refractivity (Wildman–Crippen MR) is 56.4 cm³/mol. The second-order valence-corrected chi connectivity index (χ2v) is 4.56. The maximum absolute atomic E-state index is 10.7. The Morgan fingerprint density at radius 2 is 2.20 bits per heavy atom. The van der Waals surface area contributed by atoms with E-state index in [1.165, 1.54) is 0 Å².